The highest BCUT2D eigenvalue weighted by molar-refractivity contribution is 5.14. The molecular formula is C17H30N2. The lowest BCUT2D eigenvalue weighted by atomic mass is 9.84. The third-order valence-electron chi connectivity index (χ3n) is 3.59. The molecule has 0 saturated carbocycles. The first kappa shape index (κ1) is 16.2. The molecule has 0 heterocycles. The van der Waals surface area contributed by atoms with Crippen molar-refractivity contribution in [2.45, 2.75) is 46.7 Å². The monoisotopic (exact) mass is 262 g/mol. The smallest absolute Gasteiger partial charge is 0.0230 e. The van der Waals surface area contributed by atoms with E-state index in [1.54, 1.807) is 0 Å². The molecule has 19 heavy (non-hydrogen) atoms. The van der Waals surface area contributed by atoms with Gasteiger partial charge in [0, 0.05) is 12.6 Å². The standard InChI is InChI=1S/C17H30N2/c1-6-18-16(17(2,3)4)12-13-19(5)14-15-10-8-7-9-11-15/h7-11,16,18H,6,12-14H2,1-5H3. The first-order valence-corrected chi connectivity index (χ1v) is 7.39. The number of nitrogens with zero attached hydrogens (tertiary/aromatic N) is 1. The van der Waals surface area contributed by atoms with Gasteiger partial charge < -0.3 is 10.2 Å². The van der Waals surface area contributed by atoms with Crippen LogP contribution in [0.15, 0.2) is 30.3 Å². The fraction of sp³-hybridized carbons (Fsp3) is 0.647. The van der Waals surface area contributed by atoms with Crippen LogP contribution in [0.4, 0.5) is 0 Å². The summed E-state index contributed by atoms with van der Waals surface area (Å²) in [7, 11) is 2.21. The second kappa shape index (κ2) is 7.66. The van der Waals surface area contributed by atoms with Crippen LogP contribution in [0.3, 0.4) is 0 Å². The van der Waals surface area contributed by atoms with Crippen molar-refractivity contribution in [2.24, 2.45) is 5.41 Å². The second-order valence-corrected chi connectivity index (χ2v) is 6.49. The van der Waals surface area contributed by atoms with E-state index in [9.17, 15) is 0 Å². The Morgan fingerprint density at radius 3 is 2.32 bits per heavy atom. The minimum Gasteiger partial charge on any atom is -0.314 e. The van der Waals surface area contributed by atoms with Gasteiger partial charge >= 0.3 is 0 Å². The average molecular weight is 262 g/mol. The summed E-state index contributed by atoms with van der Waals surface area (Å²) in [5.41, 5.74) is 1.71. The molecule has 0 aliphatic carbocycles. The summed E-state index contributed by atoms with van der Waals surface area (Å²) in [5, 5.41) is 3.62. The first-order valence-electron chi connectivity index (χ1n) is 7.39. The Labute approximate surface area is 119 Å². The predicted octanol–water partition coefficient (Wildman–Crippen LogP) is 3.53. The van der Waals surface area contributed by atoms with Crippen molar-refractivity contribution in [1.29, 1.82) is 0 Å². The van der Waals surface area contributed by atoms with E-state index in [2.05, 4.69) is 75.3 Å². The zero-order valence-corrected chi connectivity index (χ0v) is 13.2. The number of benzene rings is 1. The number of hydrogen-bond donors (Lipinski definition) is 1. The summed E-state index contributed by atoms with van der Waals surface area (Å²) in [5.74, 6) is 0. The van der Waals surface area contributed by atoms with E-state index < -0.39 is 0 Å². The van der Waals surface area contributed by atoms with Crippen LogP contribution in [0.5, 0.6) is 0 Å². The van der Waals surface area contributed by atoms with Gasteiger partial charge in [-0.3, -0.25) is 0 Å². The summed E-state index contributed by atoms with van der Waals surface area (Å²) in [4.78, 5) is 2.41. The molecule has 1 atom stereocenters. The Bertz CT molecular complexity index is 340. The molecular weight excluding hydrogens is 232 g/mol. The van der Waals surface area contributed by atoms with E-state index in [1.165, 1.54) is 12.0 Å². The zero-order chi connectivity index (χ0) is 14.3. The average Bonchev–Trinajstić information content (AvgIpc) is 2.34. The number of rotatable bonds is 7. The van der Waals surface area contributed by atoms with Crippen molar-refractivity contribution in [1.82, 2.24) is 10.2 Å². The third-order valence-corrected chi connectivity index (χ3v) is 3.59. The van der Waals surface area contributed by atoms with Crippen molar-refractivity contribution >= 4 is 0 Å². The van der Waals surface area contributed by atoms with Crippen LogP contribution < -0.4 is 5.32 Å². The molecule has 0 aliphatic heterocycles. The van der Waals surface area contributed by atoms with E-state index in [-0.39, 0.29) is 0 Å². The van der Waals surface area contributed by atoms with Crippen LogP contribution in [0.25, 0.3) is 0 Å². The van der Waals surface area contributed by atoms with Crippen LogP contribution in [0, 0.1) is 5.41 Å². The van der Waals surface area contributed by atoms with Crippen LogP contribution in [-0.4, -0.2) is 31.1 Å². The van der Waals surface area contributed by atoms with Gasteiger partial charge in [-0.25, -0.2) is 0 Å². The van der Waals surface area contributed by atoms with Crippen molar-refractivity contribution in [3.05, 3.63) is 35.9 Å². The summed E-state index contributed by atoms with van der Waals surface area (Å²) >= 11 is 0. The highest BCUT2D eigenvalue weighted by Crippen LogP contribution is 2.22. The number of hydrogen-bond acceptors (Lipinski definition) is 2. The van der Waals surface area contributed by atoms with Gasteiger partial charge in [0.05, 0.1) is 0 Å². The molecule has 1 N–H and O–H groups in total. The van der Waals surface area contributed by atoms with Crippen LogP contribution >= 0.6 is 0 Å². The first-order chi connectivity index (χ1) is 8.93. The Morgan fingerprint density at radius 1 is 1.16 bits per heavy atom. The summed E-state index contributed by atoms with van der Waals surface area (Å²) < 4.78 is 0. The van der Waals surface area contributed by atoms with Gasteiger partial charge in [-0.1, -0.05) is 58.0 Å². The molecule has 1 unspecified atom stereocenters. The molecule has 0 saturated heterocycles. The van der Waals surface area contributed by atoms with Gasteiger partial charge in [-0.05, 0) is 37.5 Å². The topological polar surface area (TPSA) is 15.3 Å². The quantitative estimate of drug-likeness (QED) is 0.808. The van der Waals surface area contributed by atoms with E-state index in [0.29, 0.717) is 11.5 Å². The Balaban J connectivity index is 2.41. The Hall–Kier alpha value is -0.860. The maximum absolute atomic E-state index is 3.62. The van der Waals surface area contributed by atoms with Gasteiger partial charge in [0.1, 0.15) is 0 Å². The molecule has 0 bridgehead atoms. The molecule has 1 rings (SSSR count). The van der Waals surface area contributed by atoms with Gasteiger partial charge in [0.2, 0.25) is 0 Å². The minimum atomic E-state index is 0.323. The fourth-order valence-electron chi connectivity index (χ4n) is 2.41. The molecule has 0 aromatic heterocycles. The third kappa shape index (κ3) is 6.22. The van der Waals surface area contributed by atoms with Crippen molar-refractivity contribution < 1.29 is 0 Å². The SMILES string of the molecule is CCNC(CCN(C)Cc1ccccc1)C(C)(C)C. The van der Waals surface area contributed by atoms with Gasteiger partial charge in [0.15, 0.2) is 0 Å². The normalized spacial score (nSPS) is 13.8. The van der Waals surface area contributed by atoms with Gasteiger partial charge in [-0.15, -0.1) is 0 Å². The summed E-state index contributed by atoms with van der Waals surface area (Å²) in [6.45, 7) is 12.3. The van der Waals surface area contributed by atoms with E-state index in [4.69, 9.17) is 0 Å². The molecule has 1 aromatic rings. The van der Waals surface area contributed by atoms with Crippen LogP contribution in [-0.2, 0) is 6.54 Å². The molecule has 2 nitrogen and oxygen atoms in total. The number of nitrogens with one attached hydrogen (secondary N) is 1. The maximum Gasteiger partial charge on any atom is 0.0230 e. The van der Waals surface area contributed by atoms with Crippen molar-refractivity contribution in [2.75, 3.05) is 20.1 Å². The lowest BCUT2D eigenvalue weighted by Gasteiger charge is -2.32. The highest BCUT2D eigenvalue weighted by Gasteiger charge is 2.23. The van der Waals surface area contributed by atoms with E-state index >= 15 is 0 Å². The molecule has 0 radical (unpaired) electrons. The van der Waals surface area contributed by atoms with Gasteiger partial charge in [-0.2, -0.15) is 0 Å². The van der Waals surface area contributed by atoms with Crippen LogP contribution in [0.1, 0.15) is 39.7 Å². The van der Waals surface area contributed by atoms with E-state index in [0.717, 1.165) is 19.6 Å². The molecule has 0 spiro atoms. The minimum absolute atomic E-state index is 0.323. The molecule has 1 aromatic carbocycles. The Morgan fingerprint density at radius 2 is 1.79 bits per heavy atom. The summed E-state index contributed by atoms with van der Waals surface area (Å²) in [6.07, 6.45) is 1.20. The maximum atomic E-state index is 3.62. The molecule has 0 aliphatic rings. The van der Waals surface area contributed by atoms with Crippen molar-refractivity contribution in [3.63, 3.8) is 0 Å². The molecule has 0 fully saturated rings. The van der Waals surface area contributed by atoms with Gasteiger partial charge in [0.25, 0.3) is 0 Å². The largest absolute Gasteiger partial charge is 0.314 e. The zero-order valence-electron chi connectivity index (χ0n) is 13.2. The Kier molecular flexibility index (Phi) is 6.53. The highest BCUT2D eigenvalue weighted by atomic mass is 15.1. The second-order valence-electron chi connectivity index (χ2n) is 6.49. The van der Waals surface area contributed by atoms with E-state index in [1.807, 2.05) is 0 Å². The fourth-order valence-corrected chi connectivity index (χ4v) is 2.41. The lowest BCUT2D eigenvalue weighted by Crippen LogP contribution is -2.42. The summed E-state index contributed by atoms with van der Waals surface area (Å²) in [6, 6.07) is 11.3. The predicted molar refractivity (Wildman–Crippen MR) is 84.3 cm³/mol. The van der Waals surface area contributed by atoms with Crippen LogP contribution in [0.2, 0.25) is 0 Å². The lowest BCUT2D eigenvalue weighted by molar-refractivity contribution is 0.221. The van der Waals surface area contributed by atoms with Crippen molar-refractivity contribution in [3.8, 4) is 0 Å². The molecule has 108 valence electrons. The molecule has 0 amide bonds. The molecule has 2 heteroatoms.